The fourth-order valence-electron chi connectivity index (χ4n) is 1.32. The van der Waals surface area contributed by atoms with Gasteiger partial charge in [0.05, 0.1) is 11.3 Å². The second-order valence-corrected chi connectivity index (χ2v) is 3.22. The molecule has 1 radical (unpaired) electrons. The third-order valence-electron chi connectivity index (χ3n) is 2.12. The van der Waals surface area contributed by atoms with Crippen LogP contribution in [0.25, 0.3) is 11.3 Å². The molecule has 0 aliphatic heterocycles. The van der Waals surface area contributed by atoms with E-state index in [0.29, 0.717) is 11.3 Å². The van der Waals surface area contributed by atoms with Crippen LogP contribution in [-0.2, 0) is 6.18 Å². The Kier molecular flexibility index (Phi) is 2.64. The van der Waals surface area contributed by atoms with Gasteiger partial charge in [-0.3, -0.25) is 4.98 Å². The number of rotatable bonds is 1. The number of alkyl halides is 3. The van der Waals surface area contributed by atoms with Crippen molar-refractivity contribution >= 4 is 0 Å². The number of benzene rings is 1. The van der Waals surface area contributed by atoms with E-state index in [1.165, 1.54) is 18.3 Å². The highest BCUT2D eigenvalue weighted by molar-refractivity contribution is 5.59. The summed E-state index contributed by atoms with van der Waals surface area (Å²) in [5.74, 6) is 0. The van der Waals surface area contributed by atoms with E-state index in [-0.39, 0.29) is 0 Å². The van der Waals surface area contributed by atoms with Gasteiger partial charge in [-0.2, -0.15) is 13.2 Å². The van der Waals surface area contributed by atoms with Gasteiger partial charge in [-0.25, -0.2) is 0 Å². The quantitative estimate of drug-likeness (QED) is 0.718. The zero-order valence-corrected chi connectivity index (χ0v) is 8.12. The van der Waals surface area contributed by atoms with Gasteiger partial charge in [0.1, 0.15) is 0 Å². The van der Waals surface area contributed by atoms with E-state index in [2.05, 4.69) is 11.1 Å². The molecule has 0 N–H and O–H groups in total. The molecule has 0 saturated heterocycles. The highest BCUT2D eigenvalue weighted by Gasteiger charge is 2.29. The standard InChI is InChI=1S/C12H7F3N/c13-12(14,15)10-6-4-9(5-7-10)11-3-1-2-8-16-11/h1,3-8H. The molecule has 1 nitrogen and oxygen atoms in total. The third kappa shape index (κ3) is 2.21. The minimum atomic E-state index is -4.30. The Morgan fingerprint density at radius 2 is 1.69 bits per heavy atom. The van der Waals surface area contributed by atoms with Crippen LogP contribution in [0.3, 0.4) is 0 Å². The van der Waals surface area contributed by atoms with Crippen LogP contribution >= 0.6 is 0 Å². The van der Waals surface area contributed by atoms with E-state index in [0.717, 1.165) is 12.1 Å². The molecule has 0 fully saturated rings. The molecule has 1 aromatic heterocycles. The molecule has 16 heavy (non-hydrogen) atoms. The Morgan fingerprint density at radius 1 is 1.00 bits per heavy atom. The second-order valence-electron chi connectivity index (χ2n) is 3.22. The summed E-state index contributed by atoms with van der Waals surface area (Å²) in [7, 11) is 0. The maximum Gasteiger partial charge on any atom is 0.416 e. The van der Waals surface area contributed by atoms with Gasteiger partial charge in [-0.1, -0.05) is 18.2 Å². The third-order valence-corrected chi connectivity index (χ3v) is 2.12. The van der Waals surface area contributed by atoms with Gasteiger partial charge >= 0.3 is 6.18 Å². The van der Waals surface area contributed by atoms with Crippen molar-refractivity contribution < 1.29 is 13.2 Å². The van der Waals surface area contributed by atoms with E-state index >= 15 is 0 Å². The van der Waals surface area contributed by atoms with E-state index in [9.17, 15) is 13.2 Å². The lowest BCUT2D eigenvalue weighted by atomic mass is 10.1. The minimum absolute atomic E-state index is 0.632. The summed E-state index contributed by atoms with van der Waals surface area (Å²) in [6.07, 6.45) is -2.82. The van der Waals surface area contributed by atoms with Crippen LogP contribution in [0.5, 0.6) is 0 Å². The summed E-state index contributed by atoms with van der Waals surface area (Å²) in [6, 6.07) is 11.0. The molecule has 0 amide bonds. The molecule has 2 rings (SSSR count). The highest BCUT2D eigenvalue weighted by atomic mass is 19.4. The molecule has 0 unspecified atom stereocenters. The summed E-state index contributed by atoms with van der Waals surface area (Å²) in [5.41, 5.74) is 0.633. The average molecular weight is 222 g/mol. The Hall–Kier alpha value is -1.84. The SMILES string of the molecule is FC(F)(F)c1ccc(-c2cc[c]cn2)cc1. The molecule has 0 bridgehead atoms. The zero-order chi connectivity index (χ0) is 11.6. The number of pyridine rings is 1. The lowest BCUT2D eigenvalue weighted by Gasteiger charge is -2.07. The first-order valence-electron chi connectivity index (χ1n) is 4.57. The fourth-order valence-corrected chi connectivity index (χ4v) is 1.32. The molecule has 0 spiro atoms. The first-order valence-corrected chi connectivity index (χ1v) is 4.57. The van der Waals surface area contributed by atoms with Gasteiger partial charge < -0.3 is 0 Å². The highest BCUT2D eigenvalue weighted by Crippen LogP contribution is 2.30. The van der Waals surface area contributed by atoms with E-state index in [1.54, 1.807) is 12.1 Å². The van der Waals surface area contributed by atoms with Crippen molar-refractivity contribution in [1.29, 1.82) is 0 Å². The Morgan fingerprint density at radius 3 is 2.19 bits per heavy atom. The van der Waals surface area contributed by atoms with Gasteiger partial charge in [0.25, 0.3) is 0 Å². The van der Waals surface area contributed by atoms with Crippen LogP contribution in [0.15, 0.2) is 42.6 Å². The first kappa shape index (κ1) is 10.7. The van der Waals surface area contributed by atoms with Crippen molar-refractivity contribution in [3.8, 4) is 11.3 Å². The van der Waals surface area contributed by atoms with Crippen LogP contribution in [0.4, 0.5) is 13.2 Å². The number of hydrogen-bond acceptors (Lipinski definition) is 1. The van der Waals surface area contributed by atoms with Crippen LogP contribution in [0, 0.1) is 6.07 Å². The van der Waals surface area contributed by atoms with Gasteiger partial charge in [0.2, 0.25) is 0 Å². The van der Waals surface area contributed by atoms with Crippen LogP contribution in [0.1, 0.15) is 5.56 Å². The summed E-state index contributed by atoms with van der Waals surface area (Å²) < 4.78 is 36.9. The topological polar surface area (TPSA) is 12.9 Å². The second kappa shape index (κ2) is 3.96. The van der Waals surface area contributed by atoms with Gasteiger partial charge in [-0.15, -0.1) is 0 Å². The minimum Gasteiger partial charge on any atom is -0.256 e. The molecule has 0 aliphatic rings. The molecule has 1 heterocycles. The summed E-state index contributed by atoms with van der Waals surface area (Å²) in [5, 5.41) is 0. The average Bonchev–Trinajstić information content (AvgIpc) is 2.29. The summed E-state index contributed by atoms with van der Waals surface area (Å²) in [4.78, 5) is 4.00. The van der Waals surface area contributed by atoms with E-state index < -0.39 is 11.7 Å². The molecule has 1 aromatic carbocycles. The molecular weight excluding hydrogens is 215 g/mol. The summed E-state index contributed by atoms with van der Waals surface area (Å²) >= 11 is 0. The molecule has 2 aromatic rings. The monoisotopic (exact) mass is 222 g/mol. The van der Waals surface area contributed by atoms with Crippen molar-refractivity contribution in [2.24, 2.45) is 0 Å². The number of aromatic nitrogens is 1. The lowest BCUT2D eigenvalue weighted by Crippen LogP contribution is -2.04. The van der Waals surface area contributed by atoms with Gasteiger partial charge in [0.15, 0.2) is 0 Å². The van der Waals surface area contributed by atoms with Crippen molar-refractivity contribution in [3.05, 3.63) is 54.2 Å². The van der Waals surface area contributed by atoms with Crippen LogP contribution < -0.4 is 0 Å². The maximum absolute atomic E-state index is 12.3. The van der Waals surface area contributed by atoms with Crippen molar-refractivity contribution in [2.75, 3.05) is 0 Å². The first-order chi connectivity index (χ1) is 7.57. The van der Waals surface area contributed by atoms with Gasteiger partial charge in [-0.05, 0) is 18.2 Å². The molecular formula is C12H7F3N. The Bertz CT molecular complexity index is 460. The number of nitrogens with zero attached hydrogens (tertiary/aromatic N) is 1. The van der Waals surface area contributed by atoms with Crippen LogP contribution in [0.2, 0.25) is 0 Å². The fraction of sp³-hybridized carbons (Fsp3) is 0.0833. The molecule has 0 saturated carbocycles. The maximum atomic E-state index is 12.3. The smallest absolute Gasteiger partial charge is 0.256 e. The van der Waals surface area contributed by atoms with Crippen molar-refractivity contribution in [3.63, 3.8) is 0 Å². The van der Waals surface area contributed by atoms with Crippen LogP contribution in [-0.4, -0.2) is 4.98 Å². The molecule has 0 atom stereocenters. The van der Waals surface area contributed by atoms with E-state index in [4.69, 9.17) is 0 Å². The Balaban J connectivity index is 2.34. The normalized spacial score (nSPS) is 11.4. The number of hydrogen-bond donors (Lipinski definition) is 0. The predicted octanol–water partition coefficient (Wildman–Crippen LogP) is 3.57. The van der Waals surface area contributed by atoms with E-state index in [1.807, 2.05) is 0 Å². The van der Waals surface area contributed by atoms with Gasteiger partial charge in [0, 0.05) is 17.8 Å². The molecule has 4 heteroatoms. The molecule has 81 valence electrons. The van der Waals surface area contributed by atoms with Crippen molar-refractivity contribution in [2.45, 2.75) is 6.18 Å². The Labute approximate surface area is 90.6 Å². The lowest BCUT2D eigenvalue weighted by molar-refractivity contribution is -0.137. The zero-order valence-electron chi connectivity index (χ0n) is 8.12. The van der Waals surface area contributed by atoms with Crippen molar-refractivity contribution in [1.82, 2.24) is 4.98 Å². The predicted molar refractivity (Wildman–Crippen MR) is 53.5 cm³/mol. The number of halogens is 3. The molecule has 0 aliphatic carbocycles. The largest absolute Gasteiger partial charge is 0.416 e. The summed E-state index contributed by atoms with van der Waals surface area (Å²) in [6.45, 7) is 0.